The van der Waals surface area contributed by atoms with Gasteiger partial charge in [0.05, 0.1) is 30.7 Å². The van der Waals surface area contributed by atoms with Crippen molar-refractivity contribution in [2.75, 3.05) is 25.1 Å². The molecule has 1 saturated carbocycles. The van der Waals surface area contributed by atoms with Gasteiger partial charge in [-0.1, -0.05) is 19.3 Å². The van der Waals surface area contributed by atoms with Crippen molar-refractivity contribution in [3.8, 4) is 5.75 Å². The summed E-state index contributed by atoms with van der Waals surface area (Å²) in [5, 5.41) is 15.8. The fourth-order valence-electron chi connectivity index (χ4n) is 7.02. The Bertz CT molecular complexity index is 1010. The van der Waals surface area contributed by atoms with E-state index in [-0.39, 0.29) is 36.9 Å². The number of carbonyl (C=O) groups excluding carboxylic acids is 3. The van der Waals surface area contributed by atoms with Gasteiger partial charge in [-0.05, 0) is 63.8 Å². The Morgan fingerprint density at radius 2 is 1.86 bits per heavy atom. The van der Waals surface area contributed by atoms with Crippen LogP contribution in [0.1, 0.15) is 58.8 Å². The molecule has 9 nitrogen and oxygen atoms in total. The zero-order chi connectivity index (χ0) is 25.5. The van der Waals surface area contributed by atoms with Crippen LogP contribution in [0.4, 0.5) is 5.69 Å². The summed E-state index contributed by atoms with van der Waals surface area (Å²) in [4.78, 5) is 42.5. The highest BCUT2D eigenvalue weighted by Crippen LogP contribution is 2.63. The van der Waals surface area contributed by atoms with E-state index < -0.39 is 29.1 Å². The molecular weight excluding hydrogens is 462 g/mol. The fourth-order valence-corrected chi connectivity index (χ4v) is 7.02. The molecule has 1 aromatic rings. The van der Waals surface area contributed by atoms with Crippen LogP contribution < -0.4 is 15.4 Å². The Balaban J connectivity index is 1.41. The second-order valence-electron chi connectivity index (χ2n) is 10.8. The van der Waals surface area contributed by atoms with Crippen molar-refractivity contribution < 1.29 is 29.0 Å². The maximum Gasteiger partial charge on any atom is 0.246 e. The predicted molar refractivity (Wildman–Crippen MR) is 132 cm³/mol. The average molecular weight is 500 g/mol. The topological polar surface area (TPSA) is 117 Å². The lowest BCUT2D eigenvalue weighted by Gasteiger charge is -2.35. The van der Waals surface area contributed by atoms with E-state index in [2.05, 4.69) is 10.6 Å². The van der Waals surface area contributed by atoms with E-state index in [0.29, 0.717) is 30.9 Å². The summed E-state index contributed by atoms with van der Waals surface area (Å²) in [6.07, 6.45) is 6.28. The summed E-state index contributed by atoms with van der Waals surface area (Å²) in [5.74, 6) is -1.61. The van der Waals surface area contributed by atoms with E-state index in [9.17, 15) is 19.5 Å². The molecule has 36 heavy (non-hydrogen) atoms. The van der Waals surface area contributed by atoms with Crippen LogP contribution in [-0.2, 0) is 19.1 Å². The van der Waals surface area contributed by atoms with E-state index >= 15 is 0 Å². The monoisotopic (exact) mass is 499 g/mol. The number of carbonyl (C=O) groups is 3. The Labute approximate surface area is 211 Å². The molecule has 3 heterocycles. The summed E-state index contributed by atoms with van der Waals surface area (Å²) in [5.41, 5.74) is -1.31. The number of nitrogens with zero attached hydrogens (tertiary/aromatic N) is 1. The zero-order valence-electron chi connectivity index (χ0n) is 21.1. The van der Waals surface area contributed by atoms with Gasteiger partial charge in [0, 0.05) is 18.3 Å². The molecule has 5 rings (SSSR count). The van der Waals surface area contributed by atoms with Crippen molar-refractivity contribution in [1.29, 1.82) is 0 Å². The molecule has 2 unspecified atom stereocenters. The average Bonchev–Trinajstić information content (AvgIpc) is 3.42. The van der Waals surface area contributed by atoms with Crippen LogP contribution in [0.3, 0.4) is 0 Å². The highest BCUT2D eigenvalue weighted by atomic mass is 16.5. The number of amides is 3. The minimum Gasteiger partial charge on any atom is -0.494 e. The summed E-state index contributed by atoms with van der Waals surface area (Å²) in [6.45, 7) is 4.11. The Kier molecular flexibility index (Phi) is 6.72. The number of anilines is 1. The van der Waals surface area contributed by atoms with Gasteiger partial charge in [-0.2, -0.15) is 0 Å². The van der Waals surface area contributed by atoms with Gasteiger partial charge in [0.2, 0.25) is 17.7 Å². The van der Waals surface area contributed by atoms with Gasteiger partial charge in [0.25, 0.3) is 0 Å². The van der Waals surface area contributed by atoms with E-state index in [4.69, 9.17) is 9.47 Å². The number of fused-ring (bicyclic) bond motifs is 1. The molecule has 3 saturated heterocycles. The van der Waals surface area contributed by atoms with Crippen molar-refractivity contribution in [3.05, 3.63) is 24.3 Å². The highest BCUT2D eigenvalue weighted by molar-refractivity contribution is 6.02. The van der Waals surface area contributed by atoms with Gasteiger partial charge in [-0.25, -0.2) is 0 Å². The molecule has 9 heteroatoms. The standard InChI is InChI=1S/C27H37N3O6/c1-3-35-19-11-9-18(10-12-19)28-23(32)20-21-25(34)30(15-16-31)22(27(21)14-13-26(20,2)36-27)24(33)29-17-7-5-4-6-8-17/h9-12,17,20-22,31H,3-8,13-16H2,1-2H3,(H,28,32)(H,29,33)/t20-,21-,22?,26+,27?/m0/s1. The molecule has 3 aliphatic heterocycles. The van der Waals surface area contributed by atoms with Gasteiger partial charge in [-0.15, -0.1) is 0 Å². The third-order valence-electron chi connectivity index (χ3n) is 8.53. The van der Waals surface area contributed by atoms with Crippen molar-refractivity contribution in [2.45, 2.75) is 82.1 Å². The summed E-state index contributed by atoms with van der Waals surface area (Å²) >= 11 is 0. The lowest BCUT2D eigenvalue weighted by Crippen LogP contribution is -2.57. The number of aliphatic hydroxyl groups is 1. The molecule has 5 atom stereocenters. The number of hydrogen-bond donors (Lipinski definition) is 3. The third kappa shape index (κ3) is 4.06. The smallest absolute Gasteiger partial charge is 0.246 e. The van der Waals surface area contributed by atoms with Gasteiger partial charge >= 0.3 is 0 Å². The van der Waals surface area contributed by atoms with Gasteiger partial charge in [0.1, 0.15) is 17.4 Å². The fraction of sp³-hybridized carbons (Fsp3) is 0.667. The first-order chi connectivity index (χ1) is 17.3. The van der Waals surface area contributed by atoms with Crippen LogP contribution >= 0.6 is 0 Å². The lowest BCUT2D eigenvalue weighted by molar-refractivity contribution is -0.146. The number of ether oxygens (including phenoxy) is 2. The van der Waals surface area contributed by atoms with Crippen molar-refractivity contribution in [1.82, 2.24) is 10.2 Å². The number of aliphatic hydroxyl groups excluding tert-OH is 1. The van der Waals surface area contributed by atoms with Gasteiger partial charge in [0.15, 0.2) is 0 Å². The molecule has 0 radical (unpaired) electrons. The van der Waals surface area contributed by atoms with Gasteiger partial charge < -0.3 is 30.1 Å². The molecule has 1 spiro atoms. The first-order valence-corrected chi connectivity index (χ1v) is 13.3. The van der Waals surface area contributed by atoms with Crippen LogP contribution in [0, 0.1) is 11.8 Å². The Hall–Kier alpha value is -2.65. The van der Waals surface area contributed by atoms with E-state index in [1.165, 1.54) is 11.3 Å². The second kappa shape index (κ2) is 9.67. The molecule has 0 aromatic heterocycles. The first kappa shape index (κ1) is 25.0. The molecule has 1 aromatic carbocycles. The summed E-state index contributed by atoms with van der Waals surface area (Å²) < 4.78 is 12.1. The minimum atomic E-state index is -1.07. The Morgan fingerprint density at radius 1 is 1.14 bits per heavy atom. The normalized spacial score (nSPS) is 33.5. The van der Waals surface area contributed by atoms with E-state index in [1.54, 1.807) is 24.3 Å². The molecule has 1 aliphatic carbocycles. The predicted octanol–water partition coefficient (Wildman–Crippen LogP) is 2.23. The number of β-amino-alcohol motifs (C(OH)–C–C–N with tert-alkyl or cyclic N) is 1. The molecule has 3 amide bonds. The molecule has 3 N–H and O–H groups in total. The quantitative estimate of drug-likeness (QED) is 0.505. The van der Waals surface area contributed by atoms with Crippen molar-refractivity contribution in [3.63, 3.8) is 0 Å². The van der Waals surface area contributed by atoms with Crippen LogP contribution in [0.5, 0.6) is 5.75 Å². The molecule has 4 aliphatic rings. The largest absolute Gasteiger partial charge is 0.494 e. The number of nitrogens with one attached hydrogen (secondary N) is 2. The minimum absolute atomic E-state index is 0.0349. The summed E-state index contributed by atoms with van der Waals surface area (Å²) in [6, 6.07) is 6.34. The van der Waals surface area contributed by atoms with Crippen LogP contribution in [0.15, 0.2) is 24.3 Å². The molecule has 2 bridgehead atoms. The second-order valence-corrected chi connectivity index (χ2v) is 10.8. The Morgan fingerprint density at radius 3 is 2.53 bits per heavy atom. The highest BCUT2D eigenvalue weighted by Gasteiger charge is 2.77. The van der Waals surface area contributed by atoms with Crippen LogP contribution in [0.2, 0.25) is 0 Å². The number of rotatable bonds is 8. The van der Waals surface area contributed by atoms with Crippen molar-refractivity contribution in [2.24, 2.45) is 11.8 Å². The summed E-state index contributed by atoms with van der Waals surface area (Å²) in [7, 11) is 0. The first-order valence-electron chi connectivity index (χ1n) is 13.3. The zero-order valence-corrected chi connectivity index (χ0v) is 21.1. The van der Waals surface area contributed by atoms with Crippen LogP contribution in [0.25, 0.3) is 0 Å². The van der Waals surface area contributed by atoms with E-state index in [1.807, 2.05) is 13.8 Å². The third-order valence-corrected chi connectivity index (χ3v) is 8.53. The molecule has 4 fully saturated rings. The van der Waals surface area contributed by atoms with Gasteiger partial charge in [-0.3, -0.25) is 14.4 Å². The number of likely N-dealkylation sites (tertiary alicyclic amines) is 1. The van der Waals surface area contributed by atoms with Crippen molar-refractivity contribution >= 4 is 23.4 Å². The SMILES string of the molecule is CCOc1ccc(NC(=O)[C@@H]2[C@H]3C(=O)N(CCO)C(C(=O)NC4CCCCC4)C34CC[C@@]2(C)O4)cc1. The number of hydrogen-bond acceptors (Lipinski definition) is 6. The maximum absolute atomic E-state index is 13.8. The van der Waals surface area contributed by atoms with Crippen LogP contribution in [-0.4, -0.2) is 70.8 Å². The maximum atomic E-state index is 13.8. The lowest BCUT2D eigenvalue weighted by atomic mass is 9.66. The van der Waals surface area contributed by atoms with E-state index in [0.717, 1.165) is 25.7 Å². The molecule has 196 valence electrons. The number of benzene rings is 1. The molecular formula is C27H37N3O6.